The van der Waals surface area contributed by atoms with Crippen LogP contribution in [-0.4, -0.2) is 12.2 Å². The van der Waals surface area contributed by atoms with Gasteiger partial charge in [0.1, 0.15) is 11.3 Å². The molecule has 5 aromatic rings. The standard InChI is InChI=1S/C39H40O4/c1-7-19-39(20-8-2)32-21-25(24-9-13-27(14-10-24)38(3,4)5)11-16-29(32)30-17-12-26(22-33(30)39)37-36(41)35(40)31-18-15-28(42-6)23-34(31)43-37/h9-18,21-23,41H,7-8,19-20H2,1-6H3. The van der Waals surface area contributed by atoms with Crippen molar-refractivity contribution in [1.82, 2.24) is 0 Å². The molecule has 1 aromatic heterocycles. The number of ether oxygens (including phenoxy) is 1. The van der Waals surface area contributed by atoms with Crippen LogP contribution in [-0.2, 0) is 10.8 Å². The first-order chi connectivity index (χ1) is 20.6. The summed E-state index contributed by atoms with van der Waals surface area (Å²) in [6, 6.07) is 27.1. The van der Waals surface area contributed by atoms with E-state index in [0.717, 1.165) is 25.7 Å². The van der Waals surface area contributed by atoms with Crippen molar-refractivity contribution in [1.29, 1.82) is 0 Å². The maximum Gasteiger partial charge on any atom is 0.235 e. The molecule has 4 aromatic carbocycles. The quantitative estimate of drug-likeness (QED) is 0.211. The van der Waals surface area contributed by atoms with Gasteiger partial charge >= 0.3 is 0 Å². The van der Waals surface area contributed by atoms with E-state index in [1.54, 1.807) is 25.3 Å². The topological polar surface area (TPSA) is 59.7 Å². The highest BCUT2D eigenvalue weighted by molar-refractivity contribution is 5.88. The Kier molecular flexibility index (Phi) is 7.20. The first kappa shape index (κ1) is 28.8. The fraction of sp³-hybridized carbons (Fsp3) is 0.308. The Morgan fingerprint density at radius 1 is 0.767 bits per heavy atom. The number of aromatic hydroxyl groups is 1. The first-order valence-corrected chi connectivity index (χ1v) is 15.4. The SMILES string of the molecule is CCCC1(CCC)c2cc(-c3ccc(C(C)(C)C)cc3)ccc2-c2ccc(-c3oc4cc(OC)ccc4c(=O)c3O)cc21. The summed E-state index contributed by atoms with van der Waals surface area (Å²) in [7, 11) is 1.58. The molecule has 0 fully saturated rings. The second-order valence-corrected chi connectivity index (χ2v) is 12.9. The zero-order valence-electron chi connectivity index (χ0n) is 26.0. The second-order valence-electron chi connectivity index (χ2n) is 12.9. The molecule has 4 nitrogen and oxygen atoms in total. The molecule has 1 aliphatic carbocycles. The van der Waals surface area contributed by atoms with Crippen LogP contribution in [0.3, 0.4) is 0 Å². The summed E-state index contributed by atoms with van der Waals surface area (Å²) in [5.41, 5.74) is 9.38. The Labute approximate surface area is 254 Å². The van der Waals surface area contributed by atoms with Crippen LogP contribution in [0.1, 0.15) is 77.0 Å². The van der Waals surface area contributed by atoms with E-state index in [1.807, 2.05) is 6.07 Å². The molecule has 0 radical (unpaired) electrons. The molecule has 6 rings (SSSR count). The fourth-order valence-corrected chi connectivity index (χ4v) is 6.98. The lowest BCUT2D eigenvalue weighted by molar-refractivity contribution is 0.413. The summed E-state index contributed by atoms with van der Waals surface area (Å²) in [6.07, 6.45) is 4.07. The van der Waals surface area contributed by atoms with Crippen molar-refractivity contribution in [3.8, 4) is 45.1 Å². The van der Waals surface area contributed by atoms with Crippen LogP contribution in [0.15, 0.2) is 88.1 Å². The van der Waals surface area contributed by atoms with E-state index < -0.39 is 5.43 Å². The van der Waals surface area contributed by atoms with E-state index in [4.69, 9.17) is 9.15 Å². The van der Waals surface area contributed by atoms with E-state index in [9.17, 15) is 9.90 Å². The van der Waals surface area contributed by atoms with Gasteiger partial charge in [-0.2, -0.15) is 0 Å². The molecule has 4 heteroatoms. The van der Waals surface area contributed by atoms with Gasteiger partial charge in [0.15, 0.2) is 5.76 Å². The monoisotopic (exact) mass is 572 g/mol. The molecule has 0 aliphatic heterocycles. The molecule has 0 saturated carbocycles. The van der Waals surface area contributed by atoms with Crippen molar-refractivity contribution < 1.29 is 14.3 Å². The Morgan fingerprint density at radius 2 is 1.35 bits per heavy atom. The number of hydrogen-bond acceptors (Lipinski definition) is 4. The van der Waals surface area contributed by atoms with Gasteiger partial charge in [-0.25, -0.2) is 0 Å². The second kappa shape index (κ2) is 10.8. The van der Waals surface area contributed by atoms with Gasteiger partial charge in [0, 0.05) is 17.0 Å². The zero-order chi connectivity index (χ0) is 30.5. The van der Waals surface area contributed by atoms with Gasteiger partial charge in [0.05, 0.1) is 12.5 Å². The molecule has 0 atom stereocenters. The normalized spacial score (nSPS) is 13.6. The average molecular weight is 573 g/mol. The smallest absolute Gasteiger partial charge is 0.235 e. The highest BCUT2D eigenvalue weighted by atomic mass is 16.5. The summed E-state index contributed by atoms with van der Waals surface area (Å²) in [4.78, 5) is 13.2. The molecule has 0 amide bonds. The van der Waals surface area contributed by atoms with Crippen LogP contribution in [0.25, 0.3) is 44.5 Å². The molecule has 43 heavy (non-hydrogen) atoms. The molecular formula is C39H40O4. The van der Waals surface area contributed by atoms with E-state index in [-0.39, 0.29) is 22.3 Å². The summed E-state index contributed by atoms with van der Waals surface area (Å²) in [5, 5.41) is 11.4. The number of hydrogen-bond donors (Lipinski definition) is 1. The lowest BCUT2D eigenvalue weighted by Crippen LogP contribution is -2.25. The van der Waals surface area contributed by atoms with E-state index in [1.165, 1.54) is 38.9 Å². The predicted molar refractivity (Wildman–Crippen MR) is 176 cm³/mol. The summed E-state index contributed by atoms with van der Waals surface area (Å²) in [6.45, 7) is 11.2. The molecule has 1 aliphatic rings. The maximum atomic E-state index is 13.2. The van der Waals surface area contributed by atoms with Crippen LogP contribution in [0.4, 0.5) is 0 Å². The van der Waals surface area contributed by atoms with Crippen LogP contribution in [0.2, 0.25) is 0 Å². The summed E-state index contributed by atoms with van der Waals surface area (Å²) in [5.74, 6) is 0.405. The van der Waals surface area contributed by atoms with E-state index >= 15 is 0 Å². The van der Waals surface area contributed by atoms with Gasteiger partial charge in [-0.05, 0) is 81.5 Å². The van der Waals surface area contributed by atoms with Crippen LogP contribution < -0.4 is 10.2 Å². The molecule has 0 spiro atoms. The maximum absolute atomic E-state index is 13.2. The molecule has 1 N–H and O–H groups in total. The third kappa shape index (κ3) is 4.74. The fourth-order valence-electron chi connectivity index (χ4n) is 6.98. The van der Waals surface area contributed by atoms with Crippen LogP contribution >= 0.6 is 0 Å². The Bertz CT molecular complexity index is 1880. The van der Waals surface area contributed by atoms with Gasteiger partial charge in [-0.3, -0.25) is 4.79 Å². The lowest BCUT2D eigenvalue weighted by atomic mass is 9.71. The zero-order valence-corrected chi connectivity index (χ0v) is 26.0. The Hall–Kier alpha value is -4.31. The van der Waals surface area contributed by atoms with E-state index in [0.29, 0.717) is 22.3 Å². The number of benzene rings is 4. The van der Waals surface area contributed by atoms with Crippen LogP contribution in [0, 0.1) is 0 Å². The number of methoxy groups -OCH3 is 1. The molecular weight excluding hydrogens is 532 g/mol. The minimum atomic E-state index is -0.446. The Morgan fingerprint density at radius 3 is 1.93 bits per heavy atom. The minimum Gasteiger partial charge on any atom is -0.502 e. The number of fused-ring (bicyclic) bond motifs is 4. The highest BCUT2D eigenvalue weighted by Gasteiger charge is 2.42. The van der Waals surface area contributed by atoms with Gasteiger partial charge in [-0.1, -0.05) is 96.0 Å². The van der Waals surface area contributed by atoms with Crippen molar-refractivity contribution in [3.63, 3.8) is 0 Å². The Balaban J connectivity index is 1.51. The van der Waals surface area contributed by atoms with Gasteiger partial charge in [0.25, 0.3) is 0 Å². The average Bonchev–Trinajstić information content (AvgIpc) is 3.26. The van der Waals surface area contributed by atoms with Gasteiger partial charge < -0.3 is 14.3 Å². The lowest BCUT2D eigenvalue weighted by Gasteiger charge is -2.32. The highest BCUT2D eigenvalue weighted by Crippen LogP contribution is 2.55. The molecule has 0 unspecified atom stereocenters. The van der Waals surface area contributed by atoms with Crippen molar-refractivity contribution >= 4 is 11.0 Å². The minimum absolute atomic E-state index is 0.109. The van der Waals surface area contributed by atoms with Crippen LogP contribution in [0.5, 0.6) is 11.5 Å². The third-order valence-corrected chi connectivity index (χ3v) is 9.14. The van der Waals surface area contributed by atoms with Crippen molar-refractivity contribution in [2.24, 2.45) is 0 Å². The van der Waals surface area contributed by atoms with Gasteiger partial charge in [0.2, 0.25) is 11.2 Å². The predicted octanol–water partition coefficient (Wildman–Crippen LogP) is 10.0. The van der Waals surface area contributed by atoms with Crippen molar-refractivity contribution in [3.05, 3.63) is 106 Å². The summed E-state index contributed by atoms with van der Waals surface area (Å²) >= 11 is 0. The molecule has 220 valence electrons. The molecule has 0 bridgehead atoms. The van der Waals surface area contributed by atoms with Crippen molar-refractivity contribution in [2.75, 3.05) is 7.11 Å². The van der Waals surface area contributed by atoms with Crippen molar-refractivity contribution in [2.45, 2.75) is 71.1 Å². The first-order valence-electron chi connectivity index (χ1n) is 15.4. The number of rotatable bonds is 7. The third-order valence-electron chi connectivity index (χ3n) is 9.14. The van der Waals surface area contributed by atoms with E-state index in [2.05, 4.69) is 89.2 Å². The summed E-state index contributed by atoms with van der Waals surface area (Å²) < 4.78 is 11.6. The molecule has 0 saturated heterocycles. The largest absolute Gasteiger partial charge is 0.502 e. The van der Waals surface area contributed by atoms with Gasteiger partial charge in [-0.15, -0.1) is 0 Å². The molecule has 1 heterocycles.